The lowest BCUT2D eigenvalue weighted by Gasteiger charge is -2.20. The Morgan fingerprint density at radius 2 is 1.95 bits per heavy atom. The average Bonchev–Trinajstić information content (AvgIpc) is 2.45. The SMILES string of the molecule is CCC(C)C(NC(=O)Cc1ccccc1OC(F)F)C(=O)O. The Morgan fingerprint density at radius 3 is 2.50 bits per heavy atom. The second kappa shape index (κ2) is 8.31. The van der Waals surface area contributed by atoms with Crippen LogP contribution < -0.4 is 10.1 Å². The number of carboxylic acids is 1. The minimum atomic E-state index is -2.99. The van der Waals surface area contributed by atoms with E-state index in [0.717, 1.165) is 0 Å². The molecule has 2 atom stereocenters. The van der Waals surface area contributed by atoms with Gasteiger partial charge in [-0.25, -0.2) is 4.79 Å². The number of ether oxygens (including phenoxy) is 1. The van der Waals surface area contributed by atoms with Crippen LogP contribution in [-0.2, 0) is 16.0 Å². The van der Waals surface area contributed by atoms with E-state index >= 15 is 0 Å². The van der Waals surface area contributed by atoms with Crippen LogP contribution in [0.1, 0.15) is 25.8 Å². The number of rotatable bonds is 8. The van der Waals surface area contributed by atoms with Gasteiger partial charge in [-0.2, -0.15) is 8.78 Å². The fourth-order valence-electron chi connectivity index (χ4n) is 1.94. The zero-order valence-corrected chi connectivity index (χ0v) is 12.4. The molecule has 2 N–H and O–H groups in total. The summed E-state index contributed by atoms with van der Waals surface area (Å²) in [6.45, 7) is 0.543. The molecule has 0 saturated carbocycles. The van der Waals surface area contributed by atoms with Crippen molar-refractivity contribution in [3.05, 3.63) is 29.8 Å². The third-order valence-corrected chi connectivity index (χ3v) is 3.34. The van der Waals surface area contributed by atoms with Gasteiger partial charge < -0.3 is 15.2 Å². The second-order valence-corrected chi connectivity index (χ2v) is 4.93. The van der Waals surface area contributed by atoms with Gasteiger partial charge >= 0.3 is 12.6 Å². The Hall–Kier alpha value is -2.18. The van der Waals surface area contributed by atoms with Crippen molar-refractivity contribution in [1.82, 2.24) is 5.32 Å². The molecule has 0 bridgehead atoms. The van der Waals surface area contributed by atoms with Gasteiger partial charge in [0.2, 0.25) is 5.91 Å². The Morgan fingerprint density at radius 1 is 1.32 bits per heavy atom. The van der Waals surface area contributed by atoms with Crippen LogP contribution >= 0.6 is 0 Å². The molecule has 0 aliphatic heterocycles. The number of hydrogen-bond acceptors (Lipinski definition) is 3. The van der Waals surface area contributed by atoms with E-state index in [9.17, 15) is 18.4 Å². The first kappa shape index (κ1) is 17.9. The van der Waals surface area contributed by atoms with Crippen molar-refractivity contribution in [3.63, 3.8) is 0 Å². The van der Waals surface area contributed by atoms with Crippen molar-refractivity contribution in [1.29, 1.82) is 0 Å². The van der Waals surface area contributed by atoms with Crippen molar-refractivity contribution in [2.45, 2.75) is 39.3 Å². The molecule has 7 heteroatoms. The number of hydrogen-bond donors (Lipinski definition) is 2. The van der Waals surface area contributed by atoms with Crippen LogP contribution in [0.5, 0.6) is 5.75 Å². The van der Waals surface area contributed by atoms with E-state index < -0.39 is 24.5 Å². The number of para-hydroxylation sites is 1. The van der Waals surface area contributed by atoms with Crippen molar-refractivity contribution in [3.8, 4) is 5.75 Å². The molecule has 0 fully saturated rings. The summed E-state index contributed by atoms with van der Waals surface area (Å²) < 4.78 is 28.9. The lowest BCUT2D eigenvalue weighted by molar-refractivity contribution is -0.143. The number of nitrogens with one attached hydrogen (secondary N) is 1. The van der Waals surface area contributed by atoms with Crippen LogP contribution in [0.4, 0.5) is 8.78 Å². The second-order valence-electron chi connectivity index (χ2n) is 4.93. The molecule has 1 aromatic rings. The van der Waals surface area contributed by atoms with Gasteiger partial charge in [-0.05, 0) is 12.0 Å². The van der Waals surface area contributed by atoms with E-state index in [1.807, 2.05) is 6.92 Å². The van der Waals surface area contributed by atoms with Crippen LogP contribution in [0.3, 0.4) is 0 Å². The van der Waals surface area contributed by atoms with Crippen LogP contribution in [0.25, 0.3) is 0 Å². The summed E-state index contributed by atoms with van der Waals surface area (Å²) in [4.78, 5) is 23.1. The summed E-state index contributed by atoms with van der Waals surface area (Å²) >= 11 is 0. The number of carbonyl (C=O) groups is 2. The van der Waals surface area contributed by atoms with Crippen LogP contribution in [-0.4, -0.2) is 29.6 Å². The topological polar surface area (TPSA) is 75.6 Å². The number of aliphatic carboxylic acids is 1. The fourth-order valence-corrected chi connectivity index (χ4v) is 1.94. The quantitative estimate of drug-likeness (QED) is 0.772. The standard InChI is InChI=1S/C15H19F2NO4/c1-3-9(2)13(14(20)21)18-12(19)8-10-6-4-5-7-11(10)22-15(16)17/h4-7,9,13,15H,3,8H2,1-2H3,(H,18,19)(H,20,21). The molecule has 1 amide bonds. The van der Waals surface area contributed by atoms with Gasteiger partial charge in [-0.3, -0.25) is 4.79 Å². The highest BCUT2D eigenvalue weighted by Crippen LogP contribution is 2.21. The first-order valence-corrected chi connectivity index (χ1v) is 6.90. The molecule has 22 heavy (non-hydrogen) atoms. The number of benzene rings is 1. The number of carboxylic acid groups (broad SMARTS) is 1. The summed E-state index contributed by atoms with van der Waals surface area (Å²) in [5.74, 6) is -2.02. The van der Waals surface area contributed by atoms with E-state index in [2.05, 4.69) is 10.1 Å². The molecule has 2 unspecified atom stereocenters. The van der Waals surface area contributed by atoms with Gasteiger partial charge in [-0.1, -0.05) is 38.5 Å². The van der Waals surface area contributed by atoms with Crippen molar-refractivity contribution in [2.75, 3.05) is 0 Å². The summed E-state index contributed by atoms with van der Waals surface area (Å²) in [6.07, 6.45) is 0.353. The smallest absolute Gasteiger partial charge is 0.387 e. The molecular weight excluding hydrogens is 296 g/mol. The van der Waals surface area contributed by atoms with E-state index in [0.29, 0.717) is 6.42 Å². The largest absolute Gasteiger partial charge is 0.480 e. The van der Waals surface area contributed by atoms with Gasteiger partial charge in [-0.15, -0.1) is 0 Å². The van der Waals surface area contributed by atoms with E-state index in [1.54, 1.807) is 13.0 Å². The summed E-state index contributed by atoms with van der Waals surface area (Å²) in [7, 11) is 0. The normalized spacial score (nSPS) is 13.5. The summed E-state index contributed by atoms with van der Waals surface area (Å²) in [5, 5.41) is 11.5. The number of carbonyl (C=O) groups excluding carboxylic acids is 1. The number of amides is 1. The van der Waals surface area contributed by atoms with Crippen LogP contribution in [0.2, 0.25) is 0 Å². The predicted molar refractivity (Wildman–Crippen MR) is 75.8 cm³/mol. The van der Waals surface area contributed by atoms with Crippen molar-refractivity contribution < 1.29 is 28.2 Å². The van der Waals surface area contributed by atoms with Gasteiger partial charge in [0.1, 0.15) is 11.8 Å². The first-order valence-electron chi connectivity index (χ1n) is 6.90. The zero-order valence-electron chi connectivity index (χ0n) is 12.4. The van der Waals surface area contributed by atoms with Gasteiger partial charge in [0.15, 0.2) is 0 Å². The molecule has 0 saturated heterocycles. The molecule has 0 spiro atoms. The third kappa shape index (κ3) is 5.31. The van der Waals surface area contributed by atoms with E-state index in [4.69, 9.17) is 5.11 Å². The maximum atomic E-state index is 12.3. The molecule has 0 heterocycles. The highest BCUT2D eigenvalue weighted by Gasteiger charge is 2.25. The Kier molecular flexibility index (Phi) is 6.75. The fraction of sp³-hybridized carbons (Fsp3) is 0.467. The van der Waals surface area contributed by atoms with E-state index in [-0.39, 0.29) is 23.7 Å². The Bertz CT molecular complexity index is 522. The lowest BCUT2D eigenvalue weighted by Crippen LogP contribution is -2.45. The maximum absolute atomic E-state index is 12.3. The van der Waals surface area contributed by atoms with Crippen LogP contribution in [0.15, 0.2) is 24.3 Å². The molecule has 1 aromatic carbocycles. The van der Waals surface area contributed by atoms with Crippen molar-refractivity contribution in [2.24, 2.45) is 5.92 Å². The number of halogens is 2. The molecule has 0 radical (unpaired) electrons. The summed E-state index contributed by atoms with van der Waals surface area (Å²) in [5.41, 5.74) is 0.272. The van der Waals surface area contributed by atoms with E-state index in [1.165, 1.54) is 18.2 Å². The number of alkyl halides is 2. The lowest BCUT2D eigenvalue weighted by atomic mass is 9.99. The monoisotopic (exact) mass is 315 g/mol. The van der Waals surface area contributed by atoms with Gasteiger partial charge in [0.05, 0.1) is 6.42 Å². The molecule has 0 aromatic heterocycles. The molecule has 0 aliphatic carbocycles. The molecule has 1 rings (SSSR count). The van der Waals surface area contributed by atoms with Crippen LogP contribution in [0, 0.1) is 5.92 Å². The van der Waals surface area contributed by atoms with Crippen molar-refractivity contribution >= 4 is 11.9 Å². The zero-order chi connectivity index (χ0) is 16.7. The first-order chi connectivity index (χ1) is 10.3. The third-order valence-electron chi connectivity index (χ3n) is 3.34. The predicted octanol–water partition coefficient (Wildman–Crippen LogP) is 2.45. The summed E-state index contributed by atoms with van der Waals surface area (Å²) in [6, 6.07) is 4.90. The Labute approximate surface area is 127 Å². The van der Waals surface area contributed by atoms with Gasteiger partial charge in [0, 0.05) is 5.56 Å². The molecule has 5 nitrogen and oxygen atoms in total. The maximum Gasteiger partial charge on any atom is 0.387 e. The molecular formula is C15H19F2NO4. The minimum Gasteiger partial charge on any atom is -0.480 e. The highest BCUT2D eigenvalue weighted by molar-refractivity contribution is 5.85. The average molecular weight is 315 g/mol. The minimum absolute atomic E-state index is 0.0944. The van der Waals surface area contributed by atoms with Gasteiger partial charge in [0.25, 0.3) is 0 Å². The Balaban J connectivity index is 2.78. The molecule has 0 aliphatic rings. The molecule has 122 valence electrons. The highest BCUT2D eigenvalue weighted by atomic mass is 19.3.